The molecule has 2 aliphatic rings. The third-order valence-corrected chi connectivity index (χ3v) is 6.18. The summed E-state index contributed by atoms with van der Waals surface area (Å²) in [6, 6.07) is 10.4. The van der Waals surface area contributed by atoms with Gasteiger partial charge in [-0.05, 0) is 37.3 Å². The van der Waals surface area contributed by atoms with Crippen LogP contribution in [0.25, 0.3) is 0 Å². The number of nitrogens with zero attached hydrogens (tertiary/aromatic N) is 1. The summed E-state index contributed by atoms with van der Waals surface area (Å²) in [5, 5.41) is 3.66. The van der Waals surface area contributed by atoms with Crippen LogP contribution in [0.4, 0.5) is 5.00 Å². The second kappa shape index (κ2) is 7.82. The molecule has 5 nitrogen and oxygen atoms in total. The SMILES string of the molecule is CCOC(=O)c1c(NC(=O)C2CC2)sc2c1CCN(Cc1ccccc1)C2. The minimum absolute atomic E-state index is 0.0280. The summed E-state index contributed by atoms with van der Waals surface area (Å²) in [5.74, 6) is -0.188. The molecule has 1 aliphatic heterocycles. The van der Waals surface area contributed by atoms with E-state index in [1.165, 1.54) is 16.9 Å². The number of thiophene rings is 1. The Hall–Kier alpha value is -2.18. The number of anilines is 1. The number of carbonyl (C=O) groups excluding carboxylic acids is 2. The molecule has 1 aromatic carbocycles. The van der Waals surface area contributed by atoms with Crippen molar-refractivity contribution in [3.05, 3.63) is 51.9 Å². The lowest BCUT2D eigenvalue weighted by atomic mass is 10.0. The molecule has 2 aromatic rings. The van der Waals surface area contributed by atoms with E-state index in [4.69, 9.17) is 4.74 Å². The quantitative estimate of drug-likeness (QED) is 0.769. The van der Waals surface area contributed by atoms with Gasteiger partial charge in [0.05, 0.1) is 12.2 Å². The Balaban J connectivity index is 1.57. The first-order valence-electron chi connectivity index (χ1n) is 9.54. The van der Waals surface area contributed by atoms with Crippen LogP contribution in [-0.2, 0) is 29.0 Å². The lowest BCUT2D eigenvalue weighted by Gasteiger charge is -2.27. The molecule has 1 aliphatic carbocycles. The van der Waals surface area contributed by atoms with Crippen molar-refractivity contribution in [2.75, 3.05) is 18.5 Å². The summed E-state index contributed by atoms with van der Waals surface area (Å²) in [5.41, 5.74) is 2.91. The van der Waals surface area contributed by atoms with Crippen molar-refractivity contribution in [3.8, 4) is 0 Å². The molecular weight excluding hydrogens is 360 g/mol. The van der Waals surface area contributed by atoms with Crippen LogP contribution in [-0.4, -0.2) is 29.9 Å². The minimum Gasteiger partial charge on any atom is -0.462 e. The summed E-state index contributed by atoms with van der Waals surface area (Å²) < 4.78 is 5.28. The second-order valence-corrected chi connectivity index (χ2v) is 8.24. The topological polar surface area (TPSA) is 58.6 Å². The monoisotopic (exact) mass is 384 g/mol. The highest BCUT2D eigenvalue weighted by Crippen LogP contribution is 2.39. The molecule has 4 rings (SSSR count). The van der Waals surface area contributed by atoms with Crippen molar-refractivity contribution in [3.63, 3.8) is 0 Å². The van der Waals surface area contributed by atoms with E-state index in [2.05, 4.69) is 34.5 Å². The van der Waals surface area contributed by atoms with Gasteiger partial charge in [0.2, 0.25) is 5.91 Å². The van der Waals surface area contributed by atoms with Gasteiger partial charge < -0.3 is 10.1 Å². The van der Waals surface area contributed by atoms with Gasteiger partial charge in [-0.3, -0.25) is 9.69 Å². The zero-order valence-corrected chi connectivity index (χ0v) is 16.3. The van der Waals surface area contributed by atoms with Crippen LogP contribution in [0.15, 0.2) is 30.3 Å². The number of amides is 1. The van der Waals surface area contributed by atoms with E-state index in [0.29, 0.717) is 17.2 Å². The maximum atomic E-state index is 12.6. The number of fused-ring (bicyclic) bond motifs is 1. The van der Waals surface area contributed by atoms with Crippen LogP contribution in [0.2, 0.25) is 0 Å². The first-order valence-corrected chi connectivity index (χ1v) is 10.4. The number of ether oxygens (including phenoxy) is 1. The molecule has 0 saturated heterocycles. The summed E-state index contributed by atoms with van der Waals surface area (Å²) in [4.78, 5) is 28.4. The zero-order valence-electron chi connectivity index (χ0n) is 15.5. The lowest BCUT2D eigenvalue weighted by molar-refractivity contribution is -0.117. The van der Waals surface area contributed by atoms with Gasteiger partial charge in [-0.25, -0.2) is 4.79 Å². The van der Waals surface area contributed by atoms with E-state index in [-0.39, 0.29) is 17.8 Å². The second-order valence-electron chi connectivity index (χ2n) is 7.14. The van der Waals surface area contributed by atoms with Gasteiger partial charge in [0, 0.05) is 30.4 Å². The van der Waals surface area contributed by atoms with Crippen molar-refractivity contribution in [1.82, 2.24) is 4.90 Å². The smallest absolute Gasteiger partial charge is 0.341 e. The molecule has 0 atom stereocenters. The molecule has 27 heavy (non-hydrogen) atoms. The molecule has 0 unspecified atom stereocenters. The molecule has 1 N–H and O–H groups in total. The van der Waals surface area contributed by atoms with Crippen molar-refractivity contribution >= 4 is 28.2 Å². The Bertz CT molecular complexity index is 843. The third kappa shape index (κ3) is 4.06. The number of benzene rings is 1. The number of nitrogens with one attached hydrogen (secondary N) is 1. The van der Waals surface area contributed by atoms with E-state index in [1.807, 2.05) is 6.07 Å². The van der Waals surface area contributed by atoms with Gasteiger partial charge >= 0.3 is 5.97 Å². The molecule has 1 fully saturated rings. The molecule has 2 heterocycles. The molecule has 142 valence electrons. The first kappa shape index (κ1) is 18.2. The Morgan fingerprint density at radius 3 is 2.74 bits per heavy atom. The number of rotatable bonds is 6. The largest absolute Gasteiger partial charge is 0.462 e. The Morgan fingerprint density at radius 2 is 2.04 bits per heavy atom. The molecule has 1 saturated carbocycles. The van der Waals surface area contributed by atoms with Gasteiger partial charge in [-0.2, -0.15) is 0 Å². The summed E-state index contributed by atoms with van der Waals surface area (Å²) in [6.45, 7) is 4.71. The average Bonchev–Trinajstić information content (AvgIpc) is 3.45. The highest BCUT2D eigenvalue weighted by Gasteiger charge is 2.33. The number of hydrogen-bond acceptors (Lipinski definition) is 5. The summed E-state index contributed by atoms with van der Waals surface area (Å²) in [7, 11) is 0. The van der Waals surface area contributed by atoms with E-state index in [1.54, 1.807) is 6.92 Å². The maximum absolute atomic E-state index is 12.6. The summed E-state index contributed by atoms with van der Waals surface area (Å²) in [6.07, 6.45) is 2.68. The summed E-state index contributed by atoms with van der Waals surface area (Å²) >= 11 is 1.53. The van der Waals surface area contributed by atoms with Crippen molar-refractivity contribution < 1.29 is 14.3 Å². The van der Waals surface area contributed by atoms with Gasteiger partial charge in [-0.15, -0.1) is 11.3 Å². The van der Waals surface area contributed by atoms with E-state index >= 15 is 0 Å². The zero-order chi connectivity index (χ0) is 18.8. The first-order chi connectivity index (χ1) is 13.2. The molecule has 0 radical (unpaired) electrons. The van der Waals surface area contributed by atoms with Crippen LogP contribution in [0, 0.1) is 5.92 Å². The van der Waals surface area contributed by atoms with E-state index in [9.17, 15) is 9.59 Å². The number of carbonyl (C=O) groups is 2. The van der Waals surface area contributed by atoms with Crippen LogP contribution in [0.3, 0.4) is 0 Å². The van der Waals surface area contributed by atoms with E-state index < -0.39 is 0 Å². The fourth-order valence-corrected chi connectivity index (χ4v) is 4.78. The third-order valence-electron chi connectivity index (χ3n) is 5.05. The Morgan fingerprint density at radius 1 is 1.26 bits per heavy atom. The standard InChI is InChI=1S/C21H24N2O3S/c1-2-26-21(25)18-16-10-11-23(12-14-6-4-3-5-7-14)13-17(16)27-20(18)22-19(24)15-8-9-15/h3-7,15H,2,8-13H2,1H3,(H,22,24). The average molecular weight is 385 g/mol. The van der Waals surface area contributed by atoms with E-state index in [0.717, 1.165) is 49.3 Å². The fraction of sp³-hybridized carbons (Fsp3) is 0.429. The predicted octanol–water partition coefficient (Wildman–Crippen LogP) is 3.83. The minimum atomic E-state index is -0.322. The Kier molecular flexibility index (Phi) is 5.27. The predicted molar refractivity (Wildman–Crippen MR) is 106 cm³/mol. The van der Waals surface area contributed by atoms with Gasteiger partial charge in [0.25, 0.3) is 0 Å². The van der Waals surface area contributed by atoms with Gasteiger partial charge in [0.1, 0.15) is 5.00 Å². The highest BCUT2D eigenvalue weighted by atomic mass is 32.1. The van der Waals surface area contributed by atoms with Crippen LogP contribution < -0.4 is 5.32 Å². The van der Waals surface area contributed by atoms with Crippen molar-refractivity contribution in [2.45, 2.75) is 39.3 Å². The van der Waals surface area contributed by atoms with Crippen molar-refractivity contribution in [2.24, 2.45) is 5.92 Å². The van der Waals surface area contributed by atoms with Gasteiger partial charge in [0.15, 0.2) is 0 Å². The molecular formula is C21H24N2O3S. The fourth-order valence-electron chi connectivity index (χ4n) is 3.50. The van der Waals surface area contributed by atoms with Crippen LogP contribution in [0.1, 0.15) is 46.1 Å². The molecule has 0 bridgehead atoms. The van der Waals surface area contributed by atoms with Gasteiger partial charge in [-0.1, -0.05) is 30.3 Å². The number of hydrogen-bond donors (Lipinski definition) is 1. The maximum Gasteiger partial charge on any atom is 0.341 e. The van der Waals surface area contributed by atoms with Crippen LogP contribution >= 0.6 is 11.3 Å². The highest BCUT2D eigenvalue weighted by molar-refractivity contribution is 7.17. The molecule has 1 amide bonds. The normalized spacial score (nSPS) is 16.6. The van der Waals surface area contributed by atoms with Crippen LogP contribution in [0.5, 0.6) is 0 Å². The van der Waals surface area contributed by atoms with Crippen molar-refractivity contribution in [1.29, 1.82) is 0 Å². The molecule has 6 heteroatoms. The molecule has 0 spiro atoms. The molecule has 1 aromatic heterocycles. The Labute approximate surface area is 163 Å². The number of esters is 1. The lowest BCUT2D eigenvalue weighted by Crippen LogP contribution is -2.30.